The number of ether oxygens (including phenoxy) is 1. The van der Waals surface area contributed by atoms with Crippen LogP contribution < -0.4 is 10.1 Å². The molecule has 4 rings (SSSR count). The molecular formula is C24H20N2O4S. The Morgan fingerprint density at radius 2 is 1.84 bits per heavy atom. The number of aromatic nitrogens is 1. The number of oxazole rings is 1. The molecule has 0 fully saturated rings. The summed E-state index contributed by atoms with van der Waals surface area (Å²) in [7, 11) is 1.51. The molecule has 1 amide bonds. The number of phenols is 1. The lowest BCUT2D eigenvalue weighted by Gasteiger charge is -2.08. The lowest BCUT2D eigenvalue weighted by Crippen LogP contribution is -2.14. The highest BCUT2D eigenvalue weighted by atomic mass is 32.1. The van der Waals surface area contributed by atoms with Crippen LogP contribution in [0.2, 0.25) is 0 Å². The second kappa shape index (κ2) is 8.97. The second-order valence-electron chi connectivity index (χ2n) is 6.80. The maximum absolute atomic E-state index is 12.7. The molecule has 0 saturated carbocycles. The lowest BCUT2D eigenvalue weighted by molar-refractivity contribution is -0.115. The quantitative estimate of drug-likeness (QED) is 0.365. The number of aromatic hydroxyl groups is 1. The van der Waals surface area contributed by atoms with E-state index in [1.54, 1.807) is 12.1 Å². The van der Waals surface area contributed by atoms with Crippen molar-refractivity contribution >= 4 is 24.4 Å². The summed E-state index contributed by atoms with van der Waals surface area (Å²) in [4.78, 5) is 18.1. The lowest BCUT2D eigenvalue weighted by atomic mass is 10.1. The number of amides is 1. The first-order chi connectivity index (χ1) is 15.0. The zero-order chi connectivity index (χ0) is 21.8. The molecule has 0 atom stereocenters. The molecule has 31 heavy (non-hydrogen) atoms. The van der Waals surface area contributed by atoms with Gasteiger partial charge in [0.05, 0.1) is 13.5 Å². The standard InChI is InChI=1S/C24H20N2O4S/c1-29-17-12-11-16(19(27)14-17)13-21(28)25-24-22(18-9-5-6-10-20(18)31)26-23(30-24)15-7-3-2-4-8-15/h2-12,14,27,31H,13H2,1H3,(H,25,28). The number of hydrogen-bond donors (Lipinski definition) is 3. The molecule has 0 aliphatic rings. The van der Waals surface area contributed by atoms with Crippen LogP contribution in [-0.2, 0) is 11.2 Å². The fraction of sp³-hybridized carbons (Fsp3) is 0.0833. The van der Waals surface area contributed by atoms with Gasteiger partial charge in [0.15, 0.2) is 0 Å². The Morgan fingerprint density at radius 1 is 1.10 bits per heavy atom. The maximum Gasteiger partial charge on any atom is 0.231 e. The number of rotatable bonds is 6. The van der Waals surface area contributed by atoms with Gasteiger partial charge in [-0.2, -0.15) is 0 Å². The molecule has 1 aromatic heterocycles. The molecule has 0 radical (unpaired) electrons. The average molecular weight is 433 g/mol. The molecule has 0 aliphatic heterocycles. The van der Waals surface area contributed by atoms with Crippen LogP contribution in [0.5, 0.6) is 11.5 Å². The summed E-state index contributed by atoms with van der Waals surface area (Å²) < 4.78 is 11.0. The number of hydrogen-bond acceptors (Lipinski definition) is 6. The van der Waals surface area contributed by atoms with Crippen molar-refractivity contribution in [3.63, 3.8) is 0 Å². The van der Waals surface area contributed by atoms with Crippen LogP contribution in [0, 0.1) is 0 Å². The van der Waals surface area contributed by atoms with Crippen molar-refractivity contribution in [2.75, 3.05) is 12.4 Å². The molecule has 3 aromatic carbocycles. The SMILES string of the molecule is COc1ccc(CC(=O)Nc2oc(-c3ccccc3)nc2-c2ccccc2S)c(O)c1. The Labute approximate surface area is 184 Å². The highest BCUT2D eigenvalue weighted by Crippen LogP contribution is 2.36. The first-order valence-electron chi connectivity index (χ1n) is 9.55. The van der Waals surface area contributed by atoms with E-state index in [2.05, 4.69) is 22.9 Å². The Hall–Kier alpha value is -3.71. The minimum Gasteiger partial charge on any atom is -0.508 e. The van der Waals surface area contributed by atoms with Gasteiger partial charge >= 0.3 is 0 Å². The van der Waals surface area contributed by atoms with Crippen molar-refractivity contribution in [3.8, 4) is 34.2 Å². The van der Waals surface area contributed by atoms with Gasteiger partial charge < -0.3 is 14.3 Å². The van der Waals surface area contributed by atoms with Crippen LogP contribution in [0.25, 0.3) is 22.7 Å². The fourth-order valence-electron chi connectivity index (χ4n) is 3.13. The third kappa shape index (κ3) is 4.57. The molecule has 0 bridgehead atoms. The van der Waals surface area contributed by atoms with Crippen molar-refractivity contribution in [2.24, 2.45) is 0 Å². The highest BCUT2D eigenvalue weighted by Gasteiger charge is 2.20. The summed E-state index contributed by atoms with van der Waals surface area (Å²) in [5.74, 6) is 0.747. The van der Waals surface area contributed by atoms with Crippen molar-refractivity contribution in [3.05, 3.63) is 78.4 Å². The number of thiol groups is 1. The van der Waals surface area contributed by atoms with Crippen LogP contribution in [0.3, 0.4) is 0 Å². The summed E-state index contributed by atoms with van der Waals surface area (Å²) >= 11 is 4.52. The summed E-state index contributed by atoms with van der Waals surface area (Å²) in [6.45, 7) is 0. The van der Waals surface area contributed by atoms with Crippen molar-refractivity contribution < 1.29 is 19.1 Å². The molecular weight excluding hydrogens is 412 g/mol. The third-order valence-electron chi connectivity index (χ3n) is 4.70. The Kier molecular flexibility index (Phi) is 5.95. The minimum absolute atomic E-state index is 0.0158. The van der Waals surface area contributed by atoms with Gasteiger partial charge in [0.2, 0.25) is 17.7 Å². The van der Waals surface area contributed by atoms with E-state index in [0.29, 0.717) is 27.8 Å². The number of phenolic OH excluding ortho intramolecular Hbond substituents is 1. The first-order valence-corrected chi connectivity index (χ1v) is 10.00. The number of anilines is 1. The molecule has 0 saturated heterocycles. The smallest absolute Gasteiger partial charge is 0.231 e. The normalized spacial score (nSPS) is 10.6. The minimum atomic E-state index is -0.353. The number of nitrogens with zero attached hydrogens (tertiary/aromatic N) is 1. The van der Waals surface area contributed by atoms with Crippen LogP contribution in [-0.4, -0.2) is 23.1 Å². The molecule has 156 valence electrons. The zero-order valence-corrected chi connectivity index (χ0v) is 17.6. The molecule has 0 unspecified atom stereocenters. The molecule has 7 heteroatoms. The third-order valence-corrected chi connectivity index (χ3v) is 5.09. The summed E-state index contributed by atoms with van der Waals surface area (Å²) in [5.41, 5.74) is 2.47. The number of nitrogens with one attached hydrogen (secondary N) is 1. The van der Waals surface area contributed by atoms with E-state index < -0.39 is 0 Å². The zero-order valence-electron chi connectivity index (χ0n) is 16.7. The van der Waals surface area contributed by atoms with E-state index in [-0.39, 0.29) is 24.0 Å². The number of benzene rings is 3. The predicted octanol–water partition coefficient (Wildman–Crippen LogP) is 5.19. The van der Waals surface area contributed by atoms with Crippen molar-refractivity contribution in [1.82, 2.24) is 4.98 Å². The Morgan fingerprint density at radius 3 is 2.55 bits per heavy atom. The number of carbonyl (C=O) groups excluding carboxylic acids is 1. The van der Waals surface area contributed by atoms with Gasteiger partial charge in [0.1, 0.15) is 17.2 Å². The van der Waals surface area contributed by atoms with Gasteiger partial charge in [-0.25, -0.2) is 4.98 Å². The summed E-state index contributed by atoms with van der Waals surface area (Å²) in [6.07, 6.45) is -0.0425. The van der Waals surface area contributed by atoms with E-state index in [1.807, 2.05) is 54.6 Å². The van der Waals surface area contributed by atoms with Crippen LogP contribution in [0.15, 0.2) is 82.1 Å². The van der Waals surface area contributed by atoms with Crippen LogP contribution in [0.4, 0.5) is 5.88 Å². The van der Waals surface area contributed by atoms with E-state index >= 15 is 0 Å². The van der Waals surface area contributed by atoms with Gasteiger partial charge in [0.25, 0.3) is 0 Å². The Bertz CT molecular complexity index is 1220. The summed E-state index contributed by atoms with van der Waals surface area (Å²) in [6, 6.07) is 21.7. The predicted molar refractivity (Wildman–Crippen MR) is 122 cm³/mol. The Balaban J connectivity index is 1.66. The fourth-order valence-corrected chi connectivity index (χ4v) is 3.40. The molecule has 0 aliphatic carbocycles. The molecule has 0 spiro atoms. The maximum atomic E-state index is 12.7. The topological polar surface area (TPSA) is 84.6 Å². The van der Waals surface area contributed by atoms with Crippen LogP contribution >= 0.6 is 12.6 Å². The van der Waals surface area contributed by atoms with Gasteiger partial charge in [-0.3, -0.25) is 10.1 Å². The average Bonchev–Trinajstić information content (AvgIpc) is 3.19. The van der Waals surface area contributed by atoms with E-state index in [9.17, 15) is 9.90 Å². The second-order valence-corrected chi connectivity index (χ2v) is 7.28. The highest BCUT2D eigenvalue weighted by molar-refractivity contribution is 7.80. The summed E-state index contributed by atoms with van der Waals surface area (Å²) in [5, 5.41) is 12.9. The molecule has 4 aromatic rings. The molecule has 6 nitrogen and oxygen atoms in total. The molecule has 2 N–H and O–H groups in total. The van der Waals surface area contributed by atoms with E-state index in [1.165, 1.54) is 13.2 Å². The number of carbonyl (C=O) groups is 1. The van der Waals surface area contributed by atoms with Crippen molar-refractivity contribution in [2.45, 2.75) is 11.3 Å². The van der Waals surface area contributed by atoms with Gasteiger partial charge in [-0.1, -0.05) is 42.5 Å². The molecule has 1 heterocycles. The van der Waals surface area contributed by atoms with E-state index in [4.69, 9.17) is 9.15 Å². The largest absolute Gasteiger partial charge is 0.508 e. The monoisotopic (exact) mass is 432 g/mol. The van der Waals surface area contributed by atoms with Gasteiger partial charge in [0, 0.05) is 27.7 Å². The van der Waals surface area contributed by atoms with Crippen molar-refractivity contribution in [1.29, 1.82) is 0 Å². The van der Waals surface area contributed by atoms with E-state index in [0.717, 1.165) is 11.1 Å². The van der Waals surface area contributed by atoms with Gasteiger partial charge in [-0.15, -0.1) is 12.6 Å². The van der Waals surface area contributed by atoms with Gasteiger partial charge in [-0.05, 0) is 24.3 Å². The first kappa shape index (κ1) is 20.6. The number of methoxy groups -OCH3 is 1. The van der Waals surface area contributed by atoms with Crippen LogP contribution in [0.1, 0.15) is 5.56 Å².